The maximum absolute atomic E-state index is 8.95. The van der Waals surface area contributed by atoms with Crippen LogP contribution < -0.4 is 0 Å². The first-order valence-corrected chi connectivity index (χ1v) is 9.85. The second-order valence-electron chi connectivity index (χ2n) is 4.95. The molecule has 0 aliphatic rings. The fourth-order valence-corrected chi connectivity index (χ4v) is 1.91. The predicted octanol–water partition coefficient (Wildman–Crippen LogP) is 5.74. The second kappa shape index (κ2) is 16.3. The number of rotatable bonds is 11. The third-order valence-electron chi connectivity index (χ3n) is 2.96. The lowest BCUT2D eigenvalue weighted by molar-refractivity contribution is 0.501. The average Bonchev–Trinajstić information content (AvgIpc) is 2.29. The summed E-state index contributed by atoms with van der Waals surface area (Å²) >= 11 is 0. The molecule has 0 aliphatic carbocycles. The van der Waals surface area contributed by atoms with Crippen LogP contribution in [-0.2, 0) is 9.33 Å². The molecule has 0 radical (unpaired) electrons. The Hall–Kier alpha value is 0.200. The van der Waals surface area contributed by atoms with Crippen molar-refractivity contribution < 1.29 is 13.0 Å². The number of halogens is 1. The first-order valence-electron chi connectivity index (χ1n) is 7.58. The Kier molecular flexibility index (Phi) is 18.4. The van der Waals surface area contributed by atoms with Gasteiger partial charge in [0.25, 0.3) is 0 Å². The fraction of sp³-hybridized carbons (Fsp3) is 1.00. The first kappa shape index (κ1) is 21.5. The van der Waals surface area contributed by atoms with Gasteiger partial charge in [-0.1, -0.05) is 90.9 Å². The van der Waals surface area contributed by atoms with E-state index in [1.165, 1.54) is 77.0 Å². The summed E-state index contributed by atoms with van der Waals surface area (Å²) in [6, 6.07) is 0. The summed E-state index contributed by atoms with van der Waals surface area (Å²) in [6.45, 7) is 4.57. The Balaban J connectivity index is 0. The molecule has 0 heterocycles. The quantitative estimate of drug-likeness (QED) is 0.301. The van der Waals surface area contributed by atoms with Gasteiger partial charge < -0.3 is 0 Å². The largest absolute Gasteiger partial charge is 0.353 e. The van der Waals surface area contributed by atoms with Gasteiger partial charge in [-0.2, -0.15) is 8.42 Å². The van der Waals surface area contributed by atoms with Crippen LogP contribution >= 0.6 is 10.7 Å². The minimum absolute atomic E-state index is 1.37. The van der Waals surface area contributed by atoms with Crippen molar-refractivity contribution in [3.8, 4) is 0 Å². The van der Waals surface area contributed by atoms with E-state index in [1.807, 2.05) is 0 Å². The molecule has 19 heavy (non-hydrogen) atoms. The molecule has 0 aliphatic heterocycles. The van der Waals surface area contributed by atoms with Gasteiger partial charge in [-0.25, -0.2) is 0 Å². The molecule has 5 heteroatoms. The lowest BCUT2D eigenvalue weighted by Crippen LogP contribution is -1.81. The highest BCUT2D eigenvalue weighted by Gasteiger charge is 1.91. The Morgan fingerprint density at radius 1 is 0.684 bits per heavy atom. The summed E-state index contributed by atoms with van der Waals surface area (Å²) in [5.74, 6) is 0. The average molecular weight is 315 g/mol. The van der Waals surface area contributed by atoms with Crippen molar-refractivity contribution >= 4 is 20.0 Å². The van der Waals surface area contributed by atoms with E-state index < -0.39 is 9.33 Å². The predicted molar refractivity (Wildman–Crippen MR) is 84.2 cm³/mol. The molecule has 0 spiro atoms. The molecule has 0 saturated heterocycles. The van der Waals surface area contributed by atoms with Crippen LogP contribution in [0.2, 0.25) is 0 Å². The zero-order valence-corrected chi connectivity index (χ0v) is 14.1. The zero-order valence-electron chi connectivity index (χ0n) is 12.5. The molecule has 3 nitrogen and oxygen atoms in total. The molecule has 0 bridgehead atoms. The third-order valence-corrected chi connectivity index (χ3v) is 2.96. The van der Waals surface area contributed by atoms with Crippen LogP contribution in [0.5, 0.6) is 0 Å². The molecule has 0 rings (SSSR count). The molecule has 118 valence electrons. The lowest BCUT2D eigenvalue weighted by atomic mass is 10.1. The van der Waals surface area contributed by atoms with E-state index in [9.17, 15) is 0 Å². The zero-order chi connectivity index (χ0) is 15.0. The van der Waals surface area contributed by atoms with Crippen molar-refractivity contribution in [1.82, 2.24) is 0 Å². The van der Waals surface area contributed by atoms with Crippen molar-refractivity contribution in [2.75, 3.05) is 0 Å². The van der Waals surface area contributed by atoms with Crippen LogP contribution in [0.4, 0.5) is 0 Å². The third kappa shape index (κ3) is 38.1. The lowest BCUT2D eigenvalue weighted by Gasteiger charge is -2.01. The number of hydrogen-bond acceptors (Lipinski definition) is 2. The van der Waals surface area contributed by atoms with Crippen LogP contribution in [0.25, 0.3) is 0 Å². The summed E-state index contributed by atoms with van der Waals surface area (Å²) < 4.78 is 25.2. The topological polar surface area (TPSA) is 54.4 Å². The van der Waals surface area contributed by atoms with Gasteiger partial charge in [0, 0.05) is 10.7 Å². The Morgan fingerprint density at radius 3 is 1.00 bits per heavy atom. The molecule has 0 unspecified atom stereocenters. The van der Waals surface area contributed by atoms with E-state index in [4.69, 9.17) is 13.0 Å². The number of unbranched alkanes of at least 4 members (excludes halogenated alkanes) is 11. The normalized spacial score (nSPS) is 10.9. The van der Waals surface area contributed by atoms with Crippen LogP contribution in [-0.4, -0.2) is 13.0 Å². The smallest absolute Gasteiger partial charge is 0.273 e. The molecule has 0 fully saturated rings. The monoisotopic (exact) mass is 314 g/mol. The van der Waals surface area contributed by atoms with E-state index in [-0.39, 0.29) is 0 Å². The van der Waals surface area contributed by atoms with E-state index in [0.29, 0.717) is 0 Å². The van der Waals surface area contributed by atoms with Gasteiger partial charge in [-0.15, -0.1) is 0 Å². The van der Waals surface area contributed by atoms with E-state index in [1.54, 1.807) is 0 Å². The second-order valence-corrected chi connectivity index (χ2v) is 6.94. The van der Waals surface area contributed by atoms with Crippen molar-refractivity contribution in [2.45, 2.75) is 90.9 Å². The van der Waals surface area contributed by atoms with Gasteiger partial charge in [0.2, 0.25) is 0 Å². The SMILES string of the molecule is CCCCCCCCCCCCCC.O=S(=O)(O)Cl. The highest BCUT2D eigenvalue weighted by molar-refractivity contribution is 8.09. The Bertz CT molecular complexity index is 233. The number of hydrogen-bond donors (Lipinski definition) is 1. The highest BCUT2D eigenvalue weighted by atomic mass is 35.7. The maximum atomic E-state index is 8.95. The molecule has 0 saturated carbocycles. The molecular weight excluding hydrogens is 284 g/mol. The van der Waals surface area contributed by atoms with E-state index in [0.717, 1.165) is 0 Å². The molecule has 0 aromatic heterocycles. The first-order chi connectivity index (χ1) is 8.91. The van der Waals surface area contributed by atoms with Crippen LogP contribution in [0.3, 0.4) is 0 Å². The van der Waals surface area contributed by atoms with Crippen LogP contribution in [0.1, 0.15) is 90.9 Å². The summed E-state index contributed by atoms with van der Waals surface area (Å²) in [6.07, 6.45) is 17.4. The van der Waals surface area contributed by atoms with E-state index >= 15 is 0 Å². The standard InChI is InChI=1S/C14H30.ClHO3S/c1-3-5-7-9-11-13-14-12-10-8-6-4-2;1-5(2,3)4/h3-14H2,1-2H3;(H,2,3,4). The minimum Gasteiger partial charge on any atom is -0.273 e. The maximum Gasteiger partial charge on any atom is 0.353 e. The van der Waals surface area contributed by atoms with Gasteiger partial charge in [-0.3, -0.25) is 4.55 Å². The highest BCUT2D eigenvalue weighted by Crippen LogP contribution is 2.11. The Morgan fingerprint density at radius 2 is 0.842 bits per heavy atom. The summed E-state index contributed by atoms with van der Waals surface area (Å²) in [7, 11) is -0.137. The van der Waals surface area contributed by atoms with Gasteiger partial charge in [0.15, 0.2) is 0 Å². The minimum atomic E-state index is -4.19. The summed E-state index contributed by atoms with van der Waals surface area (Å²) in [4.78, 5) is 0. The molecule has 0 atom stereocenters. The molecule has 0 amide bonds. The van der Waals surface area contributed by atoms with Crippen LogP contribution in [0, 0.1) is 0 Å². The van der Waals surface area contributed by atoms with E-state index in [2.05, 4.69) is 24.5 Å². The molecule has 0 aromatic rings. The van der Waals surface area contributed by atoms with Gasteiger partial charge in [0.1, 0.15) is 0 Å². The van der Waals surface area contributed by atoms with Gasteiger partial charge in [0.05, 0.1) is 0 Å². The fourth-order valence-electron chi connectivity index (χ4n) is 1.91. The molecule has 1 N–H and O–H groups in total. The van der Waals surface area contributed by atoms with Gasteiger partial charge in [-0.05, 0) is 0 Å². The molecule has 0 aromatic carbocycles. The molecular formula is C14H31ClO3S. The van der Waals surface area contributed by atoms with Crippen molar-refractivity contribution in [3.05, 3.63) is 0 Å². The van der Waals surface area contributed by atoms with Crippen molar-refractivity contribution in [1.29, 1.82) is 0 Å². The Labute approximate surface area is 124 Å². The van der Waals surface area contributed by atoms with Crippen LogP contribution in [0.15, 0.2) is 0 Å². The van der Waals surface area contributed by atoms with Crippen molar-refractivity contribution in [3.63, 3.8) is 0 Å². The van der Waals surface area contributed by atoms with Gasteiger partial charge >= 0.3 is 9.33 Å². The van der Waals surface area contributed by atoms with Crippen molar-refractivity contribution in [2.24, 2.45) is 0 Å². The summed E-state index contributed by atoms with van der Waals surface area (Å²) in [5.41, 5.74) is 0. The summed E-state index contributed by atoms with van der Waals surface area (Å²) in [5, 5.41) is 0.